The van der Waals surface area contributed by atoms with E-state index >= 15 is 0 Å². The lowest BCUT2D eigenvalue weighted by Gasteiger charge is -2.46. The molecule has 0 aromatic heterocycles. The third kappa shape index (κ3) is 3.43. The van der Waals surface area contributed by atoms with Crippen molar-refractivity contribution in [2.45, 2.75) is 31.9 Å². The Morgan fingerprint density at radius 3 is 2.57 bits per heavy atom. The number of anilines is 1. The van der Waals surface area contributed by atoms with Crippen LogP contribution in [0.4, 0.5) is 14.9 Å². The van der Waals surface area contributed by atoms with Gasteiger partial charge in [-0.3, -0.25) is 0 Å². The summed E-state index contributed by atoms with van der Waals surface area (Å²) in [6.07, 6.45) is -0.469. The molecule has 1 N–H and O–H groups in total. The number of rotatable bonds is 2. The Balaban J connectivity index is 2.00. The van der Waals surface area contributed by atoms with Crippen LogP contribution in [-0.4, -0.2) is 35.2 Å². The lowest BCUT2D eigenvalue weighted by molar-refractivity contribution is 0.00353. The van der Waals surface area contributed by atoms with Crippen molar-refractivity contribution in [1.29, 1.82) is 5.26 Å². The molecule has 0 spiro atoms. The zero-order chi connectivity index (χ0) is 15.7. The van der Waals surface area contributed by atoms with E-state index in [0.29, 0.717) is 0 Å². The number of nitriles is 1. The summed E-state index contributed by atoms with van der Waals surface area (Å²) in [6, 6.07) is 8.25. The fraction of sp³-hybridized carbons (Fsp3) is 0.467. The Morgan fingerprint density at radius 1 is 1.43 bits per heavy atom. The maximum atomic E-state index is 13.6. The Bertz CT molecular complexity index is 583. The number of halogens is 1. The topological polar surface area (TPSA) is 65.4 Å². The molecular weight excluding hydrogens is 273 g/mol. The molecule has 112 valence electrons. The van der Waals surface area contributed by atoms with Crippen LogP contribution in [0.3, 0.4) is 0 Å². The van der Waals surface area contributed by atoms with Crippen molar-refractivity contribution < 1.29 is 13.9 Å². The van der Waals surface area contributed by atoms with E-state index in [1.807, 2.05) is 0 Å². The monoisotopic (exact) mass is 291 g/mol. The second-order valence-corrected chi connectivity index (χ2v) is 6.14. The number of carbonyl (C=O) groups is 1. The van der Waals surface area contributed by atoms with E-state index in [4.69, 9.17) is 4.74 Å². The second kappa shape index (κ2) is 5.24. The van der Waals surface area contributed by atoms with Crippen LogP contribution in [0.15, 0.2) is 24.3 Å². The number of carbonyl (C=O) groups excluding carboxylic acids is 1. The van der Waals surface area contributed by atoms with Gasteiger partial charge < -0.3 is 15.0 Å². The van der Waals surface area contributed by atoms with Crippen LogP contribution in [0.1, 0.15) is 20.8 Å². The largest absolute Gasteiger partial charge is 0.444 e. The number of likely N-dealkylation sites (tertiary alicyclic amines) is 1. The molecule has 0 aliphatic carbocycles. The SMILES string of the molecule is CC(C)(C)OC(=O)N1CC(C#N)(Nc2ccccc2F)C1. The molecule has 0 atom stereocenters. The fourth-order valence-electron chi connectivity index (χ4n) is 2.06. The van der Waals surface area contributed by atoms with Gasteiger partial charge in [-0.1, -0.05) is 12.1 Å². The number of para-hydroxylation sites is 1. The average molecular weight is 291 g/mol. The average Bonchev–Trinajstić information content (AvgIpc) is 2.33. The molecule has 1 saturated heterocycles. The first kappa shape index (κ1) is 15.1. The summed E-state index contributed by atoms with van der Waals surface area (Å²) < 4.78 is 18.8. The van der Waals surface area contributed by atoms with E-state index < -0.39 is 23.1 Å². The standard InChI is InChI=1S/C15H18FN3O2/c1-14(2,3)21-13(20)19-9-15(8-17,10-19)18-12-7-5-4-6-11(12)16/h4-7,18H,9-10H2,1-3H3. The number of hydrogen-bond acceptors (Lipinski definition) is 4. The van der Waals surface area contributed by atoms with Gasteiger partial charge in [0.1, 0.15) is 11.4 Å². The number of nitrogens with zero attached hydrogens (tertiary/aromatic N) is 2. The Labute approximate surface area is 123 Å². The number of ether oxygens (including phenoxy) is 1. The van der Waals surface area contributed by atoms with E-state index in [1.54, 1.807) is 39.0 Å². The first-order valence-electron chi connectivity index (χ1n) is 6.67. The van der Waals surface area contributed by atoms with Gasteiger partial charge in [-0.05, 0) is 32.9 Å². The van der Waals surface area contributed by atoms with Gasteiger partial charge in [-0.2, -0.15) is 5.26 Å². The zero-order valence-electron chi connectivity index (χ0n) is 12.3. The summed E-state index contributed by atoms with van der Waals surface area (Å²) in [4.78, 5) is 13.3. The number of amides is 1. The highest BCUT2D eigenvalue weighted by Gasteiger charge is 2.47. The molecule has 1 fully saturated rings. The van der Waals surface area contributed by atoms with Crippen LogP contribution in [0.25, 0.3) is 0 Å². The predicted octanol–water partition coefficient (Wildman–Crippen LogP) is 2.75. The third-order valence-corrected chi connectivity index (χ3v) is 3.04. The highest BCUT2D eigenvalue weighted by molar-refractivity contribution is 5.71. The summed E-state index contributed by atoms with van der Waals surface area (Å²) in [5.41, 5.74) is -1.30. The summed E-state index contributed by atoms with van der Waals surface area (Å²) in [5.74, 6) is -0.428. The molecular formula is C15H18FN3O2. The summed E-state index contributed by atoms with van der Waals surface area (Å²) in [6.45, 7) is 5.65. The normalized spacial score (nSPS) is 16.6. The molecule has 1 aliphatic heterocycles. The van der Waals surface area contributed by atoms with Crippen molar-refractivity contribution in [2.75, 3.05) is 18.4 Å². The summed E-state index contributed by atoms with van der Waals surface area (Å²) in [7, 11) is 0. The lowest BCUT2D eigenvalue weighted by atomic mass is 9.91. The first-order valence-corrected chi connectivity index (χ1v) is 6.67. The van der Waals surface area contributed by atoms with Crippen LogP contribution in [0.5, 0.6) is 0 Å². The van der Waals surface area contributed by atoms with Gasteiger partial charge in [0, 0.05) is 0 Å². The predicted molar refractivity (Wildman–Crippen MR) is 76.2 cm³/mol. The van der Waals surface area contributed by atoms with Gasteiger partial charge in [0.05, 0.1) is 24.8 Å². The molecule has 0 saturated carbocycles. The van der Waals surface area contributed by atoms with E-state index in [1.165, 1.54) is 11.0 Å². The molecule has 1 amide bonds. The molecule has 0 bridgehead atoms. The van der Waals surface area contributed by atoms with Crippen molar-refractivity contribution in [3.05, 3.63) is 30.1 Å². The smallest absolute Gasteiger partial charge is 0.410 e. The highest BCUT2D eigenvalue weighted by atomic mass is 19.1. The quantitative estimate of drug-likeness (QED) is 0.910. The van der Waals surface area contributed by atoms with Gasteiger partial charge in [-0.25, -0.2) is 9.18 Å². The number of benzene rings is 1. The van der Waals surface area contributed by atoms with Crippen molar-refractivity contribution in [3.63, 3.8) is 0 Å². The molecule has 0 radical (unpaired) electrons. The van der Waals surface area contributed by atoms with E-state index in [9.17, 15) is 14.4 Å². The van der Waals surface area contributed by atoms with Crippen LogP contribution < -0.4 is 5.32 Å². The Morgan fingerprint density at radius 2 is 2.05 bits per heavy atom. The van der Waals surface area contributed by atoms with Gasteiger partial charge >= 0.3 is 6.09 Å². The van der Waals surface area contributed by atoms with Crippen molar-refractivity contribution >= 4 is 11.8 Å². The number of hydrogen-bond donors (Lipinski definition) is 1. The molecule has 1 heterocycles. The van der Waals surface area contributed by atoms with Gasteiger partial charge in [0.25, 0.3) is 0 Å². The summed E-state index contributed by atoms with van der Waals surface area (Å²) in [5, 5.41) is 12.2. The molecule has 2 rings (SSSR count). The van der Waals surface area contributed by atoms with E-state index in [0.717, 1.165) is 0 Å². The van der Waals surface area contributed by atoms with Crippen molar-refractivity contribution in [1.82, 2.24) is 4.90 Å². The minimum absolute atomic E-state index is 0.159. The minimum atomic E-state index is -0.973. The molecule has 6 heteroatoms. The number of nitrogens with one attached hydrogen (secondary N) is 1. The summed E-state index contributed by atoms with van der Waals surface area (Å²) >= 11 is 0. The zero-order valence-corrected chi connectivity index (χ0v) is 12.3. The fourth-order valence-corrected chi connectivity index (χ4v) is 2.06. The molecule has 1 aromatic carbocycles. The van der Waals surface area contributed by atoms with E-state index in [2.05, 4.69) is 11.4 Å². The molecule has 1 aromatic rings. The van der Waals surface area contributed by atoms with Gasteiger partial charge in [0.15, 0.2) is 5.54 Å². The maximum absolute atomic E-state index is 13.6. The van der Waals surface area contributed by atoms with Crippen LogP contribution in [0, 0.1) is 17.1 Å². The molecule has 1 aliphatic rings. The van der Waals surface area contributed by atoms with Crippen LogP contribution in [-0.2, 0) is 4.74 Å². The molecule has 21 heavy (non-hydrogen) atoms. The Hall–Kier alpha value is -2.29. The molecule has 5 nitrogen and oxygen atoms in total. The minimum Gasteiger partial charge on any atom is -0.444 e. The van der Waals surface area contributed by atoms with Crippen molar-refractivity contribution in [2.24, 2.45) is 0 Å². The second-order valence-electron chi connectivity index (χ2n) is 6.14. The van der Waals surface area contributed by atoms with Crippen molar-refractivity contribution in [3.8, 4) is 6.07 Å². The maximum Gasteiger partial charge on any atom is 0.410 e. The Kier molecular flexibility index (Phi) is 3.77. The van der Waals surface area contributed by atoms with Gasteiger partial charge in [0.2, 0.25) is 0 Å². The van der Waals surface area contributed by atoms with Crippen LogP contribution in [0.2, 0.25) is 0 Å². The van der Waals surface area contributed by atoms with Crippen LogP contribution >= 0.6 is 0 Å². The molecule has 0 unspecified atom stereocenters. The highest BCUT2D eigenvalue weighted by Crippen LogP contribution is 2.28. The lowest BCUT2D eigenvalue weighted by Crippen LogP contribution is -2.67. The third-order valence-electron chi connectivity index (χ3n) is 3.04. The van der Waals surface area contributed by atoms with Gasteiger partial charge in [-0.15, -0.1) is 0 Å². The first-order chi connectivity index (χ1) is 9.75. The van der Waals surface area contributed by atoms with E-state index in [-0.39, 0.29) is 18.8 Å².